The largest absolute Gasteiger partial charge is 0.352 e. The Balaban J connectivity index is 0.00000338. The molecule has 1 aliphatic heterocycles. The fourth-order valence-corrected chi connectivity index (χ4v) is 3.37. The first-order chi connectivity index (χ1) is 11.8. The molecule has 1 heterocycles. The summed E-state index contributed by atoms with van der Waals surface area (Å²) < 4.78 is 0. The van der Waals surface area contributed by atoms with Gasteiger partial charge in [0, 0.05) is 25.6 Å². The van der Waals surface area contributed by atoms with Gasteiger partial charge in [-0.15, -0.1) is 12.4 Å². The fourth-order valence-electron chi connectivity index (χ4n) is 3.37. The second-order valence-electron chi connectivity index (χ2n) is 7.44. The minimum Gasteiger partial charge on any atom is -0.352 e. The van der Waals surface area contributed by atoms with Crippen LogP contribution in [0.4, 0.5) is 0 Å². The molecule has 1 unspecified atom stereocenters. The van der Waals surface area contributed by atoms with Gasteiger partial charge in [-0.05, 0) is 38.7 Å². The van der Waals surface area contributed by atoms with Crippen LogP contribution in [0.1, 0.15) is 50.7 Å². The molecule has 0 radical (unpaired) electrons. The third-order valence-corrected chi connectivity index (χ3v) is 5.00. The van der Waals surface area contributed by atoms with Gasteiger partial charge in [0.25, 0.3) is 0 Å². The van der Waals surface area contributed by atoms with Crippen LogP contribution >= 0.6 is 12.4 Å². The first-order valence-corrected chi connectivity index (χ1v) is 9.25. The van der Waals surface area contributed by atoms with E-state index in [9.17, 15) is 9.59 Å². The molecule has 1 aromatic rings. The first-order valence-electron chi connectivity index (χ1n) is 9.25. The summed E-state index contributed by atoms with van der Waals surface area (Å²) in [6.07, 6.45) is 2.97. The highest BCUT2D eigenvalue weighted by Gasteiger charge is 2.35. The van der Waals surface area contributed by atoms with E-state index in [2.05, 4.69) is 5.32 Å². The summed E-state index contributed by atoms with van der Waals surface area (Å²) in [5, 5.41) is 3.02. The van der Waals surface area contributed by atoms with Gasteiger partial charge in [0.15, 0.2) is 0 Å². The molecule has 2 amide bonds. The highest BCUT2D eigenvalue weighted by molar-refractivity contribution is 5.86. The van der Waals surface area contributed by atoms with Crippen LogP contribution in [-0.2, 0) is 16.1 Å². The molecule has 0 bridgehead atoms. The number of nitrogens with zero attached hydrogens (tertiary/aromatic N) is 1. The molecule has 0 saturated carbocycles. The van der Waals surface area contributed by atoms with Gasteiger partial charge in [-0.2, -0.15) is 0 Å². The molecule has 1 fully saturated rings. The van der Waals surface area contributed by atoms with E-state index in [0.29, 0.717) is 38.9 Å². The Morgan fingerprint density at radius 2 is 1.81 bits per heavy atom. The molecule has 6 heteroatoms. The van der Waals surface area contributed by atoms with Crippen LogP contribution in [0.5, 0.6) is 0 Å². The normalized spacial score (nSPS) is 17.2. The van der Waals surface area contributed by atoms with Crippen molar-refractivity contribution < 1.29 is 9.59 Å². The minimum absolute atomic E-state index is 0. The SMILES string of the molecule is CCCC(C)(N)C(=O)N1CCC(C(=O)NCc2ccc(C)cc2)CC1.Cl. The number of piperidine rings is 1. The third kappa shape index (κ3) is 5.99. The van der Waals surface area contributed by atoms with Crippen LogP contribution < -0.4 is 11.1 Å². The molecular weight excluding hydrogens is 350 g/mol. The maximum atomic E-state index is 12.5. The van der Waals surface area contributed by atoms with Crippen molar-refractivity contribution in [2.45, 2.75) is 58.5 Å². The Bertz CT molecular complexity index is 594. The Morgan fingerprint density at radius 3 is 2.35 bits per heavy atom. The number of rotatable bonds is 6. The summed E-state index contributed by atoms with van der Waals surface area (Å²) >= 11 is 0. The number of aryl methyl sites for hydroxylation is 1. The van der Waals surface area contributed by atoms with E-state index in [1.807, 2.05) is 43.0 Å². The van der Waals surface area contributed by atoms with Gasteiger partial charge in [0.05, 0.1) is 5.54 Å². The standard InChI is InChI=1S/C20H31N3O2.ClH/c1-4-11-20(3,21)19(25)23-12-9-17(10-13-23)18(24)22-14-16-7-5-15(2)6-8-16;/h5-8,17H,4,9-14,21H2,1-3H3,(H,22,24);1H. The molecule has 1 saturated heterocycles. The molecule has 1 aromatic carbocycles. The molecule has 2 rings (SSSR count). The van der Waals surface area contributed by atoms with E-state index in [-0.39, 0.29) is 30.1 Å². The maximum Gasteiger partial charge on any atom is 0.242 e. The second kappa shape index (κ2) is 9.93. The lowest BCUT2D eigenvalue weighted by Gasteiger charge is -2.36. The number of nitrogens with one attached hydrogen (secondary N) is 1. The van der Waals surface area contributed by atoms with Crippen LogP contribution in [-0.4, -0.2) is 35.3 Å². The molecular formula is C20H32ClN3O2. The highest BCUT2D eigenvalue weighted by Crippen LogP contribution is 2.21. The van der Waals surface area contributed by atoms with E-state index in [1.165, 1.54) is 5.56 Å². The maximum absolute atomic E-state index is 12.5. The number of benzene rings is 1. The van der Waals surface area contributed by atoms with Crippen molar-refractivity contribution in [2.24, 2.45) is 11.7 Å². The van der Waals surface area contributed by atoms with Crippen molar-refractivity contribution in [3.63, 3.8) is 0 Å². The summed E-state index contributed by atoms with van der Waals surface area (Å²) in [7, 11) is 0. The molecule has 3 N–H and O–H groups in total. The molecule has 1 aliphatic rings. The lowest BCUT2D eigenvalue weighted by atomic mass is 9.91. The molecule has 146 valence electrons. The Morgan fingerprint density at radius 1 is 1.23 bits per heavy atom. The van der Waals surface area contributed by atoms with E-state index < -0.39 is 5.54 Å². The fraction of sp³-hybridized carbons (Fsp3) is 0.600. The number of carbonyl (C=O) groups excluding carboxylic acids is 2. The third-order valence-electron chi connectivity index (χ3n) is 5.00. The number of halogens is 1. The van der Waals surface area contributed by atoms with Crippen molar-refractivity contribution in [1.29, 1.82) is 0 Å². The Kier molecular flexibility index (Phi) is 8.57. The number of amides is 2. The minimum atomic E-state index is -0.796. The number of hydrogen-bond donors (Lipinski definition) is 2. The van der Waals surface area contributed by atoms with Gasteiger partial charge in [-0.25, -0.2) is 0 Å². The zero-order chi connectivity index (χ0) is 18.4. The zero-order valence-electron chi connectivity index (χ0n) is 16.1. The number of hydrogen-bond acceptors (Lipinski definition) is 3. The number of nitrogens with two attached hydrogens (primary N) is 1. The van der Waals surface area contributed by atoms with Crippen LogP contribution in [0.2, 0.25) is 0 Å². The van der Waals surface area contributed by atoms with Crippen LogP contribution in [0.3, 0.4) is 0 Å². The Labute approximate surface area is 163 Å². The molecule has 0 spiro atoms. The van der Waals surface area contributed by atoms with E-state index in [1.54, 1.807) is 6.92 Å². The van der Waals surface area contributed by atoms with Gasteiger partial charge in [0.1, 0.15) is 0 Å². The van der Waals surface area contributed by atoms with Crippen molar-refractivity contribution in [1.82, 2.24) is 10.2 Å². The molecule has 5 nitrogen and oxygen atoms in total. The summed E-state index contributed by atoms with van der Waals surface area (Å²) in [4.78, 5) is 26.7. The van der Waals surface area contributed by atoms with Gasteiger partial charge in [-0.1, -0.05) is 43.2 Å². The Hall–Kier alpha value is -1.59. The average molecular weight is 382 g/mol. The van der Waals surface area contributed by atoms with E-state index in [4.69, 9.17) is 5.73 Å². The monoisotopic (exact) mass is 381 g/mol. The highest BCUT2D eigenvalue weighted by atomic mass is 35.5. The van der Waals surface area contributed by atoms with E-state index in [0.717, 1.165) is 12.0 Å². The average Bonchev–Trinajstić information content (AvgIpc) is 2.60. The first kappa shape index (κ1) is 22.5. The predicted molar refractivity (Wildman–Crippen MR) is 107 cm³/mol. The van der Waals surface area contributed by atoms with Crippen LogP contribution in [0.15, 0.2) is 24.3 Å². The second-order valence-corrected chi connectivity index (χ2v) is 7.44. The predicted octanol–water partition coefficient (Wildman–Crippen LogP) is 2.79. The topological polar surface area (TPSA) is 75.4 Å². The summed E-state index contributed by atoms with van der Waals surface area (Å²) in [5.74, 6) is 0.0642. The molecule has 0 aromatic heterocycles. The summed E-state index contributed by atoms with van der Waals surface area (Å²) in [6, 6.07) is 8.16. The molecule has 1 atom stereocenters. The zero-order valence-corrected chi connectivity index (χ0v) is 16.9. The van der Waals surface area contributed by atoms with Crippen LogP contribution in [0, 0.1) is 12.8 Å². The van der Waals surface area contributed by atoms with Gasteiger partial charge < -0.3 is 16.0 Å². The van der Waals surface area contributed by atoms with Gasteiger partial charge in [-0.3, -0.25) is 9.59 Å². The van der Waals surface area contributed by atoms with Crippen molar-refractivity contribution >= 4 is 24.2 Å². The van der Waals surface area contributed by atoms with Crippen LogP contribution in [0.25, 0.3) is 0 Å². The van der Waals surface area contributed by atoms with Crippen molar-refractivity contribution in [3.8, 4) is 0 Å². The molecule has 0 aliphatic carbocycles. The number of carbonyl (C=O) groups is 2. The lowest BCUT2D eigenvalue weighted by Crippen LogP contribution is -2.55. The molecule has 26 heavy (non-hydrogen) atoms. The quantitative estimate of drug-likeness (QED) is 0.795. The van der Waals surface area contributed by atoms with Gasteiger partial charge in [0.2, 0.25) is 11.8 Å². The van der Waals surface area contributed by atoms with Crippen molar-refractivity contribution in [3.05, 3.63) is 35.4 Å². The summed E-state index contributed by atoms with van der Waals surface area (Å²) in [5.41, 5.74) is 7.66. The van der Waals surface area contributed by atoms with Crippen molar-refractivity contribution in [2.75, 3.05) is 13.1 Å². The lowest BCUT2D eigenvalue weighted by molar-refractivity contribution is -0.140. The van der Waals surface area contributed by atoms with E-state index >= 15 is 0 Å². The van der Waals surface area contributed by atoms with Gasteiger partial charge >= 0.3 is 0 Å². The smallest absolute Gasteiger partial charge is 0.242 e. The number of likely N-dealkylation sites (tertiary alicyclic amines) is 1. The summed E-state index contributed by atoms with van der Waals surface area (Å²) in [6.45, 7) is 7.65.